The van der Waals surface area contributed by atoms with Crippen molar-refractivity contribution in [2.75, 3.05) is 6.54 Å². The molecule has 4 nitrogen and oxygen atoms in total. The first kappa shape index (κ1) is 12.2. The molecule has 0 bridgehead atoms. The summed E-state index contributed by atoms with van der Waals surface area (Å²) in [6.07, 6.45) is 0.774. The lowest BCUT2D eigenvalue weighted by Crippen LogP contribution is -2.32. The number of carbonyl (C=O) groups is 1. The maximum atomic E-state index is 11.2. The zero-order valence-electron chi connectivity index (χ0n) is 9.66. The van der Waals surface area contributed by atoms with Crippen molar-refractivity contribution < 1.29 is 4.79 Å². The lowest BCUT2D eigenvalue weighted by Gasteiger charge is -2.05. The SMILES string of the molecule is CCNC(=O)N/N=C(\CC)c1ccccc1. The van der Waals surface area contributed by atoms with Crippen LogP contribution in [0.5, 0.6) is 0 Å². The molecule has 0 saturated carbocycles. The van der Waals surface area contributed by atoms with Gasteiger partial charge in [-0.15, -0.1) is 0 Å². The quantitative estimate of drug-likeness (QED) is 0.591. The summed E-state index contributed by atoms with van der Waals surface area (Å²) >= 11 is 0. The number of nitrogens with one attached hydrogen (secondary N) is 2. The van der Waals surface area contributed by atoms with Crippen LogP contribution in [-0.4, -0.2) is 18.3 Å². The van der Waals surface area contributed by atoms with E-state index in [1.807, 2.05) is 44.2 Å². The Labute approximate surface area is 95.7 Å². The first-order valence-corrected chi connectivity index (χ1v) is 5.43. The highest BCUT2D eigenvalue weighted by Crippen LogP contribution is 2.03. The van der Waals surface area contributed by atoms with E-state index in [-0.39, 0.29) is 6.03 Å². The fraction of sp³-hybridized carbons (Fsp3) is 0.333. The Morgan fingerprint density at radius 1 is 1.25 bits per heavy atom. The van der Waals surface area contributed by atoms with Gasteiger partial charge in [-0.05, 0) is 18.9 Å². The standard InChI is InChI=1S/C12H17N3O/c1-3-11(10-8-6-5-7-9-10)14-15-12(16)13-4-2/h5-9H,3-4H2,1-2H3,(H2,13,15,16)/b14-11+. The van der Waals surface area contributed by atoms with Gasteiger partial charge in [0.15, 0.2) is 0 Å². The minimum absolute atomic E-state index is 0.274. The van der Waals surface area contributed by atoms with Crippen LogP contribution in [0.4, 0.5) is 4.79 Å². The van der Waals surface area contributed by atoms with Crippen LogP contribution in [0.1, 0.15) is 25.8 Å². The second-order valence-electron chi connectivity index (χ2n) is 3.25. The maximum Gasteiger partial charge on any atom is 0.335 e. The van der Waals surface area contributed by atoms with Crippen molar-refractivity contribution in [1.29, 1.82) is 0 Å². The predicted octanol–water partition coefficient (Wildman–Crippen LogP) is 2.12. The van der Waals surface area contributed by atoms with Crippen LogP contribution in [0, 0.1) is 0 Å². The third kappa shape index (κ3) is 3.73. The van der Waals surface area contributed by atoms with Crippen LogP contribution < -0.4 is 10.7 Å². The molecule has 0 atom stereocenters. The molecule has 2 amide bonds. The molecule has 0 fully saturated rings. The summed E-state index contributed by atoms with van der Waals surface area (Å²) in [5.41, 5.74) is 4.37. The second-order valence-corrected chi connectivity index (χ2v) is 3.25. The molecular weight excluding hydrogens is 202 g/mol. The van der Waals surface area contributed by atoms with Crippen LogP contribution in [0.25, 0.3) is 0 Å². The van der Waals surface area contributed by atoms with Crippen molar-refractivity contribution in [3.05, 3.63) is 35.9 Å². The number of rotatable bonds is 4. The van der Waals surface area contributed by atoms with Gasteiger partial charge in [0.05, 0.1) is 5.71 Å². The van der Waals surface area contributed by atoms with Gasteiger partial charge in [-0.25, -0.2) is 10.2 Å². The number of hydrogen-bond acceptors (Lipinski definition) is 2. The van der Waals surface area contributed by atoms with E-state index in [4.69, 9.17) is 0 Å². The molecule has 0 unspecified atom stereocenters. The number of urea groups is 1. The van der Waals surface area contributed by atoms with Crippen molar-refractivity contribution in [3.8, 4) is 0 Å². The van der Waals surface area contributed by atoms with E-state index in [1.54, 1.807) is 0 Å². The zero-order chi connectivity index (χ0) is 11.8. The van der Waals surface area contributed by atoms with E-state index in [1.165, 1.54) is 0 Å². The first-order valence-electron chi connectivity index (χ1n) is 5.43. The monoisotopic (exact) mass is 219 g/mol. The average molecular weight is 219 g/mol. The number of hydrazone groups is 1. The van der Waals surface area contributed by atoms with E-state index in [9.17, 15) is 4.79 Å². The van der Waals surface area contributed by atoms with Gasteiger partial charge in [0.2, 0.25) is 0 Å². The fourth-order valence-electron chi connectivity index (χ4n) is 1.30. The molecule has 0 heterocycles. The van der Waals surface area contributed by atoms with Crippen LogP contribution in [-0.2, 0) is 0 Å². The van der Waals surface area contributed by atoms with Crippen LogP contribution in [0.3, 0.4) is 0 Å². The molecule has 2 N–H and O–H groups in total. The summed E-state index contributed by atoms with van der Waals surface area (Å²) in [5, 5.41) is 6.70. The lowest BCUT2D eigenvalue weighted by molar-refractivity contribution is 0.242. The summed E-state index contributed by atoms with van der Waals surface area (Å²) in [5.74, 6) is 0. The van der Waals surface area contributed by atoms with Gasteiger partial charge in [-0.2, -0.15) is 5.10 Å². The van der Waals surface area contributed by atoms with E-state index < -0.39 is 0 Å². The smallest absolute Gasteiger partial charge is 0.335 e. The highest BCUT2D eigenvalue weighted by Gasteiger charge is 2.01. The summed E-state index contributed by atoms with van der Waals surface area (Å²) in [4.78, 5) is 11.2. The van der Waals surface area contributed by atoms with E-state index in [2.05, 4.69) is 15.8 Å². The molecule has 0 aromatic heterocycles. The van der Waals surface area contributed by atoms with Crippen LogP contribution in [0.2, 0.25) is 0 Å². The minimum atomic E-state index is -0.274. The third-order valence-electron chi connectivity index (χ3n) is 2.07. The van der Waals surface area contributed by atoms with Crippen LogP contribution in [0.15, 0.2) is 35.4 Å². The third-order valence-corrected chi connectivity index (χ3v) is 2.07. The highest BCUT2D eigenvalue weighted by molar-refractivity contribution is 6.00. The van der Waals surface area contributed by atoms with Gasteiger partial charge in [0, 0.05) is 6.54 Å². The molecule has 86 valence electrons. The largest absolute Gasteiger partial charge is 0.337 e. The molecule has 0 spiro atoms. The number of carbonyl (C=O) groups excluding carboxylic acids is 1. The summed E-state index contributed by atoms with van der Waals surface area (Å²) in [7, 11) is 0. The van der Waals surface area contributed by atoms with Crippen LogP contribution >= 0.6 is 0 Å². The molecule has 0 radical (unpaired) electrons. The molecule has 0 aliphatic heterocycles. The second kappa shape index (κ2) is 6.61. The maximum absolute atomic E-state index is 11.2. The van der Waals surface area contributed by atoms with Gasteiger partial charge < -0.3 is 5.32 Å². The summed E-state index contributed by atoms with van der Waals surface area (Å²) in [6, 6.07) is 9.53. The van der Waals surface area contributed by atoms with Crippen molar-refractivity contribution in [2.24, 2.45) is 5.10 Å². The Morgan fingerprint density at radius 3 is 2.50 bits per heavy atom. The number of amides is 2. The molecule has 0 saturated heterocycles. The summed E-state index contributed by atoms with van der Waals surface area (Å²) in [6.45, 7) is 4.46. The normalized spacial score (nSPS) is 11.0. The first-order chi connectivity index (χ1) is 7.77. The van der Waals surface area contributed by atoms with E-state index in [0.29, 0.717) is 6.54 Å². The Hall–Kier alpha value is -1.84. The van der Waals surface area contributed by atoms with Crippen molar-refractivity contribution in [2.45, 2.75) is 20.3 Å². The van der Waals surface area contributed by atoms with Gasteiger partial charge in [0.25, 0.3) is 0 Å². The molecule has 1 aromatic rings. The minimum Gasteiger partial charge on any atom is -0.337 e. The predicted molar refractivity (Wildman–Crippen MR) is 65.5 cm³/mol. The van der Waals surface area contributed by atoms with Gasteiger partial charge in [-0.1, -0.05) is 37.3 Å². The van der Waals surface area contributed by atoms with Crippen molar-refractivity contribution in [1.82, 2.24) is 10.7 Å². The van der Waals surface area contributed by atoms with Gasteiger partial charge in [-0.3, -0.25) is 0 Å². The topological polar surface area (TPSA) is 53.5 Å². The highest BCUT2D eigenvalue weighted by atomic mass is 16.2. The Kier molecular flexibility index (Phi) is 5.05. The molecular formula is C12H17N3O. The number of nitrogens with zero attached hydrogens (tertiary/aromatic N) is 1. The van der Waals surface area contributed by atoms with Crippen molar-refractivity contribution >= 4 is 11.7 Å². The van der Waals surface area contributed by atoms with Crippen molar-refractivity contribution in [3.63, 3.8) is 0 Å². The Morgan fingerprint density at radius 2 is 1.94 bits per heavy atom. The number of hydrogen-bond donors (Lipinski definition) is 2. The van der Waals surface area contributed by atoms with Gasteiger partial charge in [0.1, 0.15) is 0 Å². The average Bonchev–Trinajstić information content (AvgIpc) is 2.31. The molecule has 4 heteroatoms. The van der Waals surface area contributed by atoms with E-state index >= 15 is 0 Å². The van der Waals surface area contributed by atoms with E-state index in [0.717, 1.165) is 17.7 Å². The zero-order valence-corrected chi connectivity index (χ0v) is 9.66. The number of benzene rings is 1. The molecule has 1 aromatic carbocycles. The fourth-order valence-corrected chi connectivity index (χ4v) is 1.30. The summed E-state index contributed by atoms with van der Waals surface area (Å²) < 4.78 is 0. The Bertz CT molecular complexity index is 360. The lowest BCUT2D eigenvalue weighted by atomic mass is 10.1. The molecule has 16 heavy (non-hydrogen) atoms. The molecule has 0 aliphatic carbocycles. The van der Waals surface area contributed by atoms with Gasteiger partial charge >= 0.3 is 6.03 Å². The molecule has 0 aliphatic rings. The Balaban J connectivity index is 2.68. The molecule has 1 rings (SSSR count).